The van der Waals surface area contributed by atoms with E-state index < -0.39 is 9.84 Å². The van der Waals surface area contributed by atoms with Crippen molar-refractivity contribution in [1.29, 1.82) is 0 Å². The van der Waals surface area contributed by atoms with Crippen LogP contribution in [0.1, 0.15) is 13.3 Å². The van der Waals surface area contributed by atoms with Crippen molar-refractivity contribution in [1.82, 2.24) is 15.5 Å². The Balaban J connectivity index is 3.51. The maximum Gasteiger partial charge on any atom is 0.316 e. The number of hydrogen-bond acceptors (Lipinski definition) is 4. The van der Waals surface area contributed by atoms with Gasteiger partial charge in [0.05, 0.1) is 5.75 Å². The Hall–Kier alpha value is -0.820. The molecule has 0 aliphatic heterocycles. The van der Waals surface area contributed by atoms with Crippen LogP contribution in [-0.2, 0) is 9.84 Å². The Morgan fingerprint density at radius 3 is 2.29 bits per heavy atom. The molecule has 0 aliphatic rings. The largest absolute Gasteiger partial charge is 0.337 e. The van der Waals surface area contributed by atoms with Gasteiger partial charge in [0.15, 0.2) is 9.84 Å². The molecule has 0 aromatic heterocycles. The number of urea groups is 1. The molecule has 0 aromatic rings. The first-order chi connectivity index (χ1) is 7.89. The van der Waals surface area contributed by atoms with Crippen LogP contribution in [-0.4, -0.2) is 64.6 Å². The second-order valence-corrected chi connectivity index (χ2v) is 6.33. The molecule has 0 radical (unpaired) electrons. The maximum atomic E-state index is 11.3. The number of rotatable bonds is 8. The molecule has 17 heavy (non-hydrogen) atoms. The summed E-state index contributed by atoms with van der Waals surface area (Å²) in [7, 11) is 0.427. The van der Waals surface area contributed by atoms with Gasteiger partial charge in [-0.15, -0.1) is 0 Å². The van der Waals surface area contributed by atoms with Crippen LogP contribution in [0.3, 0.4) is 0 Å². The third kappa shape index (κ3) is 8.93. The molecule has 0 atom stereocenters. The molecule has 102 valence electrons. The third-order valence-electron chi connectivity index (χ3n) is 2.09. The summed E-state index contributed by atoms with van der Waals surface area (Å²) in [5.74, 6) is 0.397. The van der Waals surface area contributed by atoms with E-state index in [-0.39, 0.29) is 17.5 Å². The lowest BCUT2D eigenvalue weighted by atomic mass is 10.6. The van der Waals surface area contributed by atoms with Gasteiger partial charge in [0, 0.05) is 39.5 Å². The van der Waals surface area contributed by atoms with Crippen LogP contribution >= 0.6 is 0 Å². The van der Waals surface area contributed by atoms with Crippen LogP contribution in [0.5, 0.6) is 0 Å². The summed E-state index contributed by atoms with van der Waals surface area (Å²) in [6.45, 7) is 3.34. The highest BCUT2D eigenvalue weighted by molar-refractivity contribution is 7.91. The highest BCUT2D eigenvalue weighted by Crippen LogP contribution is 1.91. The SMILES string of the molecule is CCCS(=O)(=O)CCNCCNC(=O)N(C)C. The summed E-state index contributed by atoms with van der Waals surface area (Å²) in [5.41, 5.74) is 0. The zero-order chi connectivity index (χ0) is 13.3. The smallest absolute Gasteiger partial charge is 0.316 e. The molecular weight excluding hydrogens is 242 g/mol. The molecule has 0 unspecified atom stereocenters. The number of carbonyl (C=O) groups excluding carboxylic acids is 1. The number of sulfone groups is 1. The molecule has 0 aliphatic carbocycles. The van der Waals surface area contributed by atoms with Crippen molar-refractivity contribution in [3.63, 3.8) is 0 Å². The Morgan fingerprint density at radius 1 is 1.12 bits per heavy atom. The molecule has 2 N–H and O–H groups in total. The van der Waals surface area contributed by atoms with Crippen LogP contribution in [0.15, 0.2) is 0 Å². The van der Waals surface area contributed by atoms with E-state index in [9.17, 15) is 13.2 Å². The minimum atomic E-state index is -2.91. The van der Waals surface area contributed by atoms with Gasteiger partial charge < -0.3 is 15.5 Å². The van der Waals surface area contributed by atoms with Crippen molar-refractivity contribution < 1.29 is 13.2 Å². The molecule has 0 aromatic carbocycles. The average molecular weight is 265 g/mol. The van der Waals surface area contributed by atoms with E-state index in [2.05, 4.69) is 10.6 Å². The number of amides is 2. The summed E-state index contributed by atoms with van der Waals surface area (Å²) in [6.07, 6.45) is 0.654. The van der Waals surface area contributed by atoms with E-state index in [1.807, 2.05) is 6.92 Å². The van der Waals surface area contributed by atoms with Crippen LogP contribution in [0.4, 0.5) is 4.79 Å². The van der Waals surface area contributed by atoms with E-state index in [1.165, 1.54) is 4.90 Å². The molecule has 0 fully saturated rings. The van der Waals surface area contributed by atoms with Crippen molar-refractivity contribution in [3.05, 3.63) is 0 Å². The van der Waals surface area contributed by atoms with E-state index in [0.717, 1.165) is 0 Å². The lowest BCUT2D eigenvalue weighted by Gasteiger charge is -2.12. The molecule has 0 heterocycles. The van der Waals surface area contributed by atoms with Gasteiger partial charge in [-0.1, -0.05) is 6.92 Å². The van der Waals surface area contributed by atoms with Gasteiger partial charge in [-0.25, -0.2) is 13.2 Å². The third-order valence-corrected chi connectivity index (χ3v) is 3.95. The molecule has 6 nitrogen and oxygen atoms in total. The van der Waals surface area contributed by atoms with Gasteiger partial charge in [-0.05, 0) is 6.42 Å². The van der Waals surface area contributed by atoms with Crippen molar-refractivity contribution in [3.8, 4) is 0 Å². The van der Waals surface area contributed by atoms with Crippen molar-refractivity contribution in [2.24, 2.45) is 0 Å². The minimum absolute atomic E-state index is 0.148. The normalized spacial score (nSPS) is 11.2. The fourth-order valence-corrected chi connectivity index (χ4v) is 2.46. The maximum absolute atomic E-state index is 11.3. The fraction of sp³-hybridized carbons (Fsp3) is 0.900. The number of carbonyl (C=O) groups is 1. The summed E-state index contributed by atoms with van der Waals surface area (Å²) in [6, 6.07) is -0.148. The van der Waals surface area contributed by atoms with Crippen molar-refractivity contribution in [2.45, 2.75) is 13.3 Å². The molecular formula is C10H23N3O3S. The van der Waals surface area contributed by atoms with Crippen LogP contribution in [0.2, 0.25) is 0 Å². The van der Waals surface area contributed by atoms with Gasteiger partial charge in [0.2, 0.25) is 0 Å². The Morgan fingerprint density at radius 2 is 1.76 bits per heavy atom. The second kappa shape index (κ2) is 8.30. The summed E-state index contributed by atoms with van der Waals surface area (Å²) in [4.78, 5) is 12.6. The van der Waals surface area contributed by atoms with Gasteiger partial charge in [0.25, 0.3) is 0 Å². The second-order valence-electron chi connectivity index (χ2n) is 4.03. The number of nitrogens with one attached hydrogen (secondary N) is 2. The zero-order valence-electron chi connectivity index (χ0n) is 10.8. The molecule has 2 amide bonds. The quantitative estimate of drug-likeness (QED) is 0.589. The number of nitrogens with zero attached hydrogens (tertiary/aromatic N) is 1. The molecule has 0 saturated carbocycles. The summed E-state index contributed by atoms with van der Waals surface area (Å²) < 4.78 is 22.7. The first-order valence-corrected chi connectivity index (χ1v) is 7.57. The minimum Gasteiger partial charge on any atom is -0.337 e. The molecule has 0 saturated heterocycles. The highest BCUT2D eigenvalue weighted by atomic mass is 32.2. The van der Waals surface area contributed by atoms with E-state index >= 15 is 0 Å². The van der Waals surface area contributed by atoms with Gasteiger partial charge in [-0.2, -0.15) is 0 Å². The fourth-order valence-electron chi connectivity index (χ4n) is 1.18. The molecule has 0 spiro atoms. The molecule has 0 bridgehead atoms. The van der Waals surface area contributed by atoms with Gasteiger partial charge in [-0.3, -0.25) is 0 Å². The highest BCUT2D eigenvalue weighted by Gasteiger charge is 2.08. The zero-order valence-corrected chi connectivity index (χ0v) is 11.6. The van der Waals surface area contributed by atoms with Crippen LogP contribution in [0, 0.1) is 0 Å². The van der Waals surface area contributed by atoms with E-state index in [0.29, 0.717) is 26.1 Å². The molecule has 7 heteroatoms. The van der Waals surface area contributed by atoms with Crippen molar-refractivity contribution >= 4 is 15.9 Å². The predicted octanol–water partition coefficient (Wildman–Crippen LogP) is -0.328. The Kier molecular flexibility index (Phi) is 7.90. The lowest BCUT2D eigenvalue weighted by molar-refractivity contribution is 0.217. The van der Waals surface area contributed by atoms with Crippen LogP contribution in [0.25, 0.3) is 0 Å². The lowest BCUT2D eigenvalue weighted by Crippen LogP contribution is -2.39. The molecule has 0 rings (SSSR count). The first kappa shape index (κ1) is 16.2. The number of hydrogen-bond donors (Lipinski definition) is 2. The predicted molar refractivity (Wildman–Crippen MR) is 68.9 cm³/mol. The standard InChI is InChI=1S/C10H23N3O3S/c1-4-8-17(15,16)9-7-11-5-6-12-10(14)13(2)3/h11H,4-9H2,1-3H3,(H,12,14). The van der Waals surface area contributed by atoms with E-state index in [4.69, 9.17) is 0 Å². The van der Waals surface area contributed by atoms with E-state index in [1.54, 1.807) is 14.1 Å². The van der Waals surface area contributed by atoms with Gasteiger partial charge >= 0.3 is 6.03 Å². The Labute approximate surface area is 104 Å². The first-order valence-electron chi connectivity index (χ1n) is 5.75. The summed E-state index contributed by atoms with van der Waals surface area (Å²) >= 11 is 0. The van der Waals surface area contributed by atoms with Gasteiger partial charge in [0.1, 0.15) is 0 Å². The monoisotopic (exact) mass is 265 g/mol. The topological polar surface area (TPSA) is 78.5 Å². The Bertz CT molecular complexity index is 315. The summed E-state index contributed by atoms with van der Waals surface area (Å²) in [5, 5.41) is 5.66. The van der Waals surface area contributed by atoms with Crippen LogP contribution < -0.4 is 10.6 Å². The average Bonchev–Trinajstić information content (AvgIpc) is 2.22. The van der Waals surface area contributed by atoms with Crippen molar-refractivity contribution in [2.75, 3.05) is 45.2 Å².